The molecule has 0 aliphatic carbocycles. The van der Waals surface area contributed by atoms with Crippen molar-refractivity contribution in [2.24, 2.45) is 7.05 Å². The van der Waals surface area contributed by atoms with Gasteiger partial charge in [-0.25, -0.2) is 4.68 Å². The van der Waals surface area contributed by atoms with Crippen LogP contribution in [0.2, 0.25) is 5.02 Å². The molecule has 2 rings (SSSR count). The minimum atomic E-state index is 0.397. The molecule has 7 heteroatoms. The van der Waals surface area contributed by atoms with Gasteiger partial charge in [0.05, 0.1) is 29.2 Å². The van der Waals surface area contributed by atoms with Crippen LogP contribution in [0.1, 0.15) is 18.3 Å². The van der Waals surface area contributed by atoms with Crippen LogP contribution < -0.4 is 5.73 Å². The smallest absolute Gasteiger partial charge is 0.165 e. The Morgan fingerprint density at radius 3 is 2.75 bits per heavy atom. The van der Waals surface area contributed by atoms with Crippen molar-refractivity contribution < 1.29 is 0 Å². The average molecular weight is 241 g/mol. The number of hydrogen-bond donors (Lipinski definition) is 1. The molecule has 0 aliphatic heterocycles. The van der Waals surface area contributed by atoms with Crippen LogP contribution in [0.4, 0.5) is 5.82 Å². The molecule has 0 atom stereocenters. The maximum atomic E-state index is 6.21. The largest absolute Gasteiger partial charge is 0.381 e. The van der Waals surface area contributed by atoms with E-state index in [1.807, 2.05) is 14.0 Å². The molecule has 0 bridgehead atoms. The molecule has 86 valence electrons. The van der Waals surface area contributed by atoms with Gasteiger partial charge in [-0.3, -0.25) is 4.68 Å². The Kier molecular flexibility index (Phi) is 2.82. The maximum Gasteiger partial charge on any atom is 0.165 e. The van der Waals surface area contributed by atoms with E-state index >= 15 is 0 Å². The molecule has 0 saturated carbocycles. The van der Waals surface area contributed by atoms with Gasteiger partial charge >= 0.3 is 0 Å². The molecule has 0 saturated heterocycles. The van der Waals surface area contributed by atoms with Crippen LogP contribution in [0.25, 0.3) is 0 Å². The summed E-state index contributed by atoms with van der Waals surface area (Å²) in [5, 5.41) is 12.6. The number of aryl methyl sites for hydroxylation is 2. The van der Waals surface area contributed by atoms with E-state index in [1.165, 1.54) is 0 Å². The van der Waals surface area contributed by atoms with Crippen molar-refractivity contribution >= 4 is 17.4 Å². The number of rotatable bonds is 3. The van der Waals surface area contributed by atoms with E-state index in [0.29, 0.717) is 17.4 Å². The molecule has 0 aromatic carbocycles. The van der Waals surface area contributed by atoms with E-state index in [0.717, 1.165) is 17.8 Å². The number of hydrogen-bond acceptors (Lipinski definition) is 4. The third kappa shape index (κ3) is 1.88. The minimum absolute atomic E-state index is 0.397. The van der Waals surface area contributed by atoms with Gasteiger partial charge in [-0.1, -0.05) is 23.7 Å². The van der Waals surface area contributed by atoms with E-state index in [9.17, 15) is 0 Å². The fourth-order valence-corrected chi connectivity index (χ4v) is 1.89. The lowest BCUT2D eigenvalue weighted by atomic mass is 10.3. The molecule has 0 spiro atoms. The lowest BCUT2D eigenvalue weighted by molar-refractivity contribution is 0.599. The number of nitrogen functional groups attached to an aromatic ring is 1. The van der Waals surface area contributed by atoms with Crippen molar-refractivity contribution in [2.45, 2.75) is 19.9 Å². The molecule has 2 N–H and O–H groups in total. The Morgan fingerprint density at radius 1 is 1.50 bits per heavy atom. The van der Waals surface area contributed by atoms with E-state index < -0.39 is 0 Å². The van der Waals surface area contributed by atoms with Crippen LogP contribution in [0.3, 0.4) is 0 Å². The molecule has 2 heterocycles. The maximum absolute atomic E-state index is 6.21. The second-order valence-corrected chi connectivity index (χ2v) is 3.90. The van der Waals surface area contributed by atoms with Crippen molar-refractivity contribution in [1.29, 1.82) is 0 Å². The molecule has 16 heavy (non-hydrogen) atoms. The van der Waals surface area contributed by atoms with Gasteiger partial charge in [0.15, 0.2) is 5.82 Å². The van der Waals surface area contributed by atoms with E-state index in [4.69, 9.17) is 17.3 Å². The van der Waals surface area contributed by atoms with Gasteiger partial charge in [0.2, 0.25) is 0 Å². The van der Waals surface area contributed by atoms with Gasteiger partial charge in [-0.2, -0.15) is 5.10 Å². The van der Waals surface area contributed by atoms with Gasteiger partial charge in [0.25, 0.3) is 0 Å². The van der Waals surface area contributed by atoms with Crippen molar-refractivity contribution in [3.63, 3.8) is 0 Å². The summed E-state index contributed by atoms with van der Waals surface area (Å²) in [6.07, 6.45) is 2.47. The quantitative estimate of drug-likeness (QED) is 0.864. The van der Waals surface area contributed by atoms with Crippen LogP contribution in [-0.4, -0.2) is 24.8 Å². The first-order chi connectivity index (χ1) is 7.61. The summed E-state index contributed by atoms with van der Waals surface area (Å²) in [4.78, 5) is 0. The lowest BCUT2D eigenvalue weighted by Crippen LogP contribution is -2.06. The summed E-state index contributed by atoms with van der Waals surface area (Å²) in [5.41, 5.74) is 7.29. The molecule has 0 fully saturated rings. The Balaban J connectivity index is 2.30. The third-order valence-electron chi connectivity index (χ3n) is 2.37. The highest BCUT2D eigenvalue weighted by atomic mass is 35.5. The average Bonchev–Trinajstić information content (AvgIpc) is 2.77. The fourth-order valence-electron chi connectivity index (χ4n) is 1.54. The Hall–Kier alpha value is -1.56. The predicted molar refractivity (Wildman–Crippen MR) is 61.1 cm³/mol. The van der Waals surface area contributed by atoms with Gasteiger partial charge in [0, 0.05) is 7.05 Å². The van der Waals surface area contributed by atoms with Gasteiger partial charge < -0.3 is 5.73 Å². The number of nitrogens with two attached hydrogens (primary N) is 1. The zero-order valence-corrected chi connectivity index (χ0v) is 9.94. The zero-order valence-electron chi connectivity index (χ0n) is 9.18. The van der Waals surface area contributed by atoms with E-state index in [-0.39, 0.29) is 0 Å². The highest BCUT2D eigenvalue weighted by Crippen LogP contribution is 2.21. The summed E-state index contributed by atoms with van der Waals surface area (Å²) in [6, 6.07) is 0. The Labute approximate surface area is 98.0 Å². The molecular formula is C9H13ClN6. The molecule has 0 aliphatic rings. The molecular weight excluding hydrogens is 228 g/mol. The van der Waals surface area contributed by atoms with Gasteiger partial charge in [-0.05, 0) is 6.42 Å². The van der Waals surface area contributed by atoms with Crippen LogP contribution in [-0.2, 0) is 20.0 Å². The first-order valence-electron chi connectivity index (χ1n) is 4.97. The van der Waals surface area contributed by atoms with E-state index in [1.54, 1.807) is 15.6 Å². The van der Waals surface area contributed by atoms with Gasteiger partial charge in [-0.15, -0.1) is 5.10 Å². The molecule has 6 nitrogen and oxygen atoms in total. The highest BCUT2D eigenvalue weighted by Gasteiger charge is 2.13. The van der Waals surface area contributed by atoms with Crippen molar-refractivity contribution in [2.75, 3.05) is 5.73 Å². The topological polar surface area (TPSA) is 74.5 Å². The molecule has 2 aromatic heterocycles. The normalized spacial score (nSPS) is 10.9. The number of aromatic nitrogens is 5. The van der Waals surface area contributed by atoms with Crippen molar-refractivity contribution in [3.8, 4) is 0 Å². The second-order valence-electron chi connectivity index (χ2n) is 3.53. The molecule has 0 unspecified atom stereocenters. The number of nitrogens with zero attached hydrogens (tertiary/aromatic N) is 5. The fraction of sp³-hybridized carbons (Fsp3) is 0.444. The minimum Gasteiger partial charge on any atom is -0.381 e. The number of anilines is 1. The third-order valence-corrected chi connectivity index (χ3v) is 2.81. The lowest BCUT2D eigenvalue weighted by Gasteiger charge is -2.01. The summed E-state index contributed by atoms with van der Waals surface area (Å²) in [6.45, 7) is 2.54. The molecule has 0 radical (unpaired) electrons. The standard InChI is InChI=1S/C9H13ClN6/c1-3-6-9(10)7(15(2)13-6)4-16-5-8(11)12-14-16/h5H,3-4,11H2,1-2H3. The summed E-state index contributed by atoms with van der Waals surface area (Å²) in [5.74, 6) is 0.397. The summed E-state index contributed by atoms with van der Waals surface area (Å²) >= 11 is 6.21. The predicted octanol–water partition coefficient (Wildman–Crippen LogP) is 0.858. The highest BCUT2D eigenvalue weighted by molar-refractivity contribution is 6.31. The summed E-state index contributed by atoms with van der Waals surface area (Å²) < 4.78 is 3.40. The van der Waals surface area contributed by atoms with Crippen LogP contribution in [0.5, 0.6) is 0 Å². The zero-order chi connectivity index (χ0) is 11.7. The molecule has 0 amide bonds. The Bertz CT molecular complexity index is 500. The first kappa shape index (κ1) is 10.9. The molecule has 2 aromatic rings. The van der Waals surface area contributed by atoms with Crippen LogP contribution in [0, 0.1) is 0 Å². The number of halogens is 1. The van der Waals surface area contributed by atoms with Crippen molar-refractivity contribution in [1.82, 2.24) is 24.8 Å². The van der Waals surface area contributed by atoms with E-state index in [2.05, 4.69) is 15.4 Å². The van der Waals surface area contributed by atoms with Crippen LogP contribution in [0.15, 0.2) is 6.20 Å². The monoisotopic (exact) mass is 240 g/mol. The van der Waals surface area contributed by atoms with Gasteiger partial charge in [0.1, 0.15) is 0 Å². The first-order valence-corrected chi connectivity index (χ1v) is 5.35. The van der Waals surface area contributed by atoms with Crippen molar-refractivity contribution in [3.05, 3.63) is 22.6 Å². The SMILES string of the molecule is CCc1nn(C)c(Cn2cc(N)nn2)c1Cl. The Morgan fingerprint density at radius 2 is 2.25 bits per heavy atom. The summed E-state index contributed by atoms with van der Waals surface area (Å²) in [7, 11) is 1.86. The van der Waals surface area contributed by atoms with Crippen LogP contribution >= 0.6 is 11.6 Å². The second kappa shape index (κ2) is 4.13.